The van der Waals surface area contributed by atoms with Crippen LogP contribution in [0.4, 0.5) is 0 Å². The van der Waals surface area contributed by atoms with Crippen LogP contribution in [0, 0.1) is 0 Å². The topological polar surface area (TPSA) is 76.6 Å². The number of benzene rings is 2. The van der Waals surface area contributed by atoms with E-state index in [1.165, 1.54) is 35.2 Å². The predicted molar refractivity (Wildman–Crippen MR) is 93.4 cm³/mol. The molecule has 0 saturated carbocycles. The third kappa shape index (κ3) is 2.90. The van der Waals surface area contributed by atoms with Gasteiger partial charge in [-0.3, -0.25) is 9.59 Å². The number of rotatable bonds is 4. The van der Waals surface area contributed by atoms with Gasteiger partial charge in [-0.05, 0) is 24.3 Å². The minimum Gasteiger partial charge on any atom is -0.329 e. The van der Waals surface area contributed by atoms with Crippen LogP contribution in [0.15, 0.2) is 52.9 Å². The van der Waals surface area contributed by atoms with Gasteiger partial charge in [0.15, 0.2) is 4.34 Å². The Morgan fingerprint density at radius 3 is 2.36 bits per heavy atom. The lowest BCUT2D eigenvalue weighted by molar-refractivity contribution is -0.165. The highest BCUT2D eigenvalue weighted by molar-refractivity contribution is 8.01. The maximum Gasteiger partial charge on any atom is 0.343 e. The van der Waals surface area contributed by atoms with Crippen LogP contribution < -0.4 is 0 Å². The third-order valence-electron chi connectivity index (χ3n) is 3.54. The highest BCUT2D eigenvalue weighted by Crippen LogP contribution is 2.29. The number of amides is 2. The van der Waals surface area contributed by atoms with Gasteiger partial charge in [0.25, 0.3) is 11.8 Å². The van der Waals surface area contributed by atoms with Gasteiger partial charge in [0, 0.05) is 0 Å². The van der Waals surface area contributed by atoms with E-state index in [0.29, 0.717) is 5.06 Å². The molecule has 0 unspecified atom stereocenters. The number of thiazole rings is 1. The van der Waals surface area contributed by atoms with E-state index in [1.54, 1.807) is 12.1 Å². The van der Waals surface area contributed by atoms with E-state index in [0.717, 1.165) is 14.6 Å². The van der Waals surface area contributed by atoms with Crippen LogP contribution in [-0.2, 0) is 9.63 Å². The molecule has 1 aliphatic heterocycles. The molecule has 0 radical (unpaired) electrons. The van der Waals surface area contributed by atoms with Crippen molar-refractivity contribution in [2.45, 2.75) is 4.34 Å². The Bertz CT molecular complexity index is 947. The third-order valence-corrected chi connectivity index (χ3v) is 5.69. The molecule has 25 heavy (non-hydrogen) atoms. The number of hydroxylamine groups is 2. The minimum atomic E-state index is -0.682. The lowest BCUT2D eigenvalue weighted by Gasteiger charge is -2.12. The van der Waals surface area contributed by atoms with Gasteiger partial charge in [-0.15, -0.1) is 11.3 Å². The zero-order valence-corrected chi connectivity index (χ0v) is 14.3. The van der Waals surface area contributed by atoms with Crippen molar-refractivity contribution >= 4 is 51.1 Å². The molecule has 0 fully saturated rings. The van der Waals surface area contributed by atoms with Crippen molar-refractivity contribution in [2.75, 3.05) is 5.75 Å². The number of imide groups is 1. The molecule has 4 rings (SSSR count). The molecule has 8 heteroatoms. The maximum atomic E-state index is 12.1. The van der Waals surface area contributed by atoms with Crippen molar-refractivity contribution in [2.24, 2.45) is 0 Å². The number of hydrogen-bond acceptors (Lipinski definition) is 7. The quantitative estimate of drug-likeness (QED) is 0.519. The molecular weight excluding hydrogens is 360 g/mol. The molecule has 2 aromatic carbocycles. The van der Waals surface area contributed by atoms with E-state index in [4.69, 9.17) is 4.84 Å². The van der Waals surface area contributed by atoms with Gasteiger partial charge >= 0.3 is 5.97 Å². The first-order valence-electron chi connectivity index (χ1n) is 7.30. The van der Waals surface area contributed by atoms with Crippen molar-refractivity contribution in [3.05, 3.63) is 59.7 Å². The molecule has 0 spiro atoms. The van der Waals surface area contributed by atoms with Gasteiger partial charge in [0.05, 0.1) is 21.3 Å². The molecular formula is C17H10N2O4S2. The number of thioether (sulfide) groups is 1. The second-order valence-corrected chi connectivity index (χ2v) is 7.40. The molecule has 0 saturated heterocycles. The summed E-state index contributed by atoms with van der Waals surface area (Å²) in [6, 6.07) is 14.0. The van der Waals surface area contributed by atoms with Crippen molar-refractivity contribution in [3.63, 3.8) is 0 Å². The summed E-state index contributed by atoms with van der Waals surface area (Å²) < 4.78 is 1.75. The lowest BCUT2D eigenvalue weighted by atomic mass is 10.1. The molecule has 0 N–H and O–H groups in total. The van der Waals surface area contributed by atoms with E-state index in [1.807, 2.05) is 24.3 Å². The number of aromatic nitrogens is 1. The summed E-state index contributed by atoms with van der Waals surface area (Å²) in [5.41, 5.74) is 1.34. The van der Waals surface area contributed by atoms with E-state index < -0.39 is 17.8 Å². The first-order valence-corrected chi connectivity index (χ1v) is 9.10. The van der Waals surface area contributed by atoms with Gasteiger partial charge in [-0.1, -0.05) is 41.1 Å². The predicted octanol–water partition coefficient (Wildman–Crippen LogP) is 3.14. The maximum absolute atomic E-state index is 12.1. The molecule has 3 aromatic rings. The van der Waals surface area contributed by atoms with E-state index in [9.17, 15) is 14.4 Å². The molecule has 2 amide bonds. The molecule has 2 heterocycles. The number of nitrogens with zero attached hydrogens (tertiary/aromatic N) is 2. The molecule has 0 bridgehead atoms. The smallest absolute Gasteiger partial charge is 0.329 e. The molecule has 6 nitrogen and oxygen atoms in total. The summed E-state index contributed by atoms with van der Waals surface area (Å²) in [5, 5.41) is 0.520. The summed E-state index contributed by atoms with van der Waals surface area (Å²) in [6.07, 6.45) is 0. The number of fused-ring (bicyclic) bond motifs is 2. The van der Waals surface area contributed by atoms with Crippen molar-refractivity contribution in [3.8, 4) is 0 Å². The van der Waals surface area contributed by atoms with E-state index in [-0.39, 0.29) is 16.9 Å². The van der Waals surface area contributed by atoms with Gasteiger partial charge in [-0.25, -0.2) is 9.78 Å². The summed E-state index contributed by atoms with van der Waals surface area (Å²) >= 11 is 2.68. The fourth-order valence-corrected chi connectivity index (χ4v) is 4.25. The Morgan fingerprint density at radius 1 is 1.04 bits per heavy atom. The summed E-state index contributed by atoms with van der Waals surface area (Å²) in [7, 11) is 0. The van der Waals surface area contributed by atoms with Gasteiger partial charge in [-0.2, -0.15) is 0 Å². The first kappa shape index (κ1) is 15.8. The summed E-state index contributed by atoms with van der Waals surface area (Å²) in [6.45, 7) is 0. The largest absolute Gasteiger partial charge is 0.343 e. The normalized spacial score (nSPS) is 13.4. The van der Waals surface area contributed by atoms with Crippen molar-refractivity contribution in [1.82, 2.24) is 10.0 Å². The zero-order valence-electron chi connectivity index (χ0n) is 12.7. The molecule has 1 aliphatic rings. The number of carbonyl (C=O) groups is 3. The van der Waals surface area contributed by atoms with Crippen LogP contribution in [0.3, 0.4) is 0 Å². The Morgan fingerprint density at radius 2 is 1.68 bits per heavy atom. The molecule has 124 valence electrons. The second kappa shape index (κ2) is 6.30. The average molecular weight is 370 g/mol. The highest BCUT2D eigenvalue weighted by atomic mass is 32.2. The number of carbonyl (C=O) groups excluding carboxylic acids is 3. The standard InChI is InChI=1S/C17H10N2O4S2/c20-14(9-24-17-18-12-7-3-4-8-13(12)25-17)23-19-15(21)10-5-1-2-6-11(10)16(19)22/h1-8H,9H2. The Kier molecular flexibility index (Phi) is 3.98. The summed E-state index contributed by atoms with van der Waals surface area (Å²) in [5.74, 6) is -1.98. The molecule has 0 atom stereocenters. The lowest BCUT2D eigenvalue weighted by Crippen LogP contribution is -2.33. The van der Waals surface area contributed by atoms with Gasteiger partial charge < -0.3 is 4.84 Å². The van der Waals surface area contributed by atoms with Crippen LogP contribution in [0.5, 0.6) is 0 Å². The van der Waals surface area contributed by atoms with Gasteiger partial charge in [0.1, 0.15) is 5.75 Å². The fourth-order valence-electron chi connectivity index (χ4n) is 2.41. The van der Waals surface area contributed by atoms with Crippen LogP contribution >= 0.6 is 23.1 Å². The summed E-state index contributed by atoms with van der Waals surface area (Å²) in [4.78, 5) is 45.7. The number of hydrogen-bond donors (Lipinski definition) is 0. The van der Waals surface area contributed by atoms with E-state index >= 15 is 0 Å². The van der Waals surface area contributed by atoms with Crippen LogP contribution in [0.1, 0.15) is 20.7 Å². The van der Waals surface area contributed by atoms with Crippen LogP contribution in [0.25, 0.3) is 10.2 Å². The average Bonchev–Trinajstić information content (AvgIpc) is 3.15. The van der Waals surface area contributed by atoms with Crippen LogP contribution in [0.2, 0.25) is 0 Å². The highest BCUT2D eigenvalue weighted by Gasteiger charge is 2.38. The Balaban J connectivity index is 1.41. The van der Waals surface area contributed by atoms with Crippen molar-refractivity contribution < 1.29 is 19.2 Å². The molecule has 1 aromatic heterocycles. The molecule has 0 aliphatic carbocycles. The van der Waals surface area contributed by atoms with Gasteiger partial charge in [0.2, 0.25) is 0 Å². The minimum absolute atomic E-state index is 0.0484. The zero-order chi connectivity index (χ0) is 17.4. The monoisotopic (exact) mass is 370 g/mol. The van der Waals surface area contributed by atoms with E-state index in [2.05, 4.69) is 4.98 Å². The fraction of sp³-hybridized carbons (Fsp3) is 0.0588. The van der Waals surface area contributed by atoms with Crippen LogP contribution in [-0.4, -0.2) is 33.6 Å². The second-order valence-electron chi connectivity index (χ2n) is 5.15. The Hall–Kier alpha value is -2.71. The van der Waals surface area contributed by atoms with Crippen molar-refractivity contribution in [1.29, 1.82) is 0 Å². The first-order chi connectivity index (χ1) is 12.1. The Labute approximate surface area is 150 Å². The number of para-hydroxylation sites is 1. The SMILES string of the molecule is O=C(CSc1nc2ccccc2s1)ON1C(=O)c2ccccc2C1=O.